The largest absolute Gasteiger partial charge is 0.390 e. The van der Waals surface area contributed by atoms with Gasteiger partial charge in [-0.2, -0.15) is 13.2 Å². The Morgan fingerprint density at radius 3 is 2.62 bits per heavy atom. The summed E-state index contributed by atoms with van der Waals surface area (Å²) in [6, 6.07) is 0.243. The minimum atomic E-state index is -4.03. The second-order valence-corrected chi connectivity index (χ2v) is 3.30. The van der Waals surface area contributed by atoms with Crippen LogP contribution in [0.25, 0.3) is 0 Å². The number of rotatable bonds is 3. The molecule has 0 fully saturated rings. The standard InChI is InChI=1S/C9H14F3N/c10-9(11,12)6-7-13-8-4-2-1-3-5-8/h1-2,8,13H,3-7H2. The van der Waals surface area contributed by atoms with Crippen molar-refractivity contribution in [3.63, 3.8) is 0 Å². The van der Waals surface area contributed by atoms with E-state index in [0.29, 0.717) is 0 Å². The van der Waals surface area contributed by atoms with E-state index in [9.17, 15) is 13.2 Å². The van der Waals surface area contributed by atoms with Crippen LogP contribution in [0.3, 0.4) is 0 Å². The van der Waals surface area contributed by atoms with Crippen molar-refractivity contribution >= 4 is 0 Å². The molecule has 0 radical (unpaired) electrons. The Bertz CT molecular complexity index is 174. The number of hydrogen-bond acceptors (Lipinski definition) is 1. The van der Waals surface area contributed by atoms with E-state index in [1.54, 1.807) is 0 Å². The van der Waals surface area contributed by atoms with Gasteiger partial charge in [0.1, 0.15) is 0 Å². The highest BCUT2D eigenvalue weighted by atomic mass is 19.4. The van der Waals surface area contributed by atoms with Crippen molar-refractivity contribution in [3.05, 3.63) is 12.2 Å². The SMILES string of the molecule is FC(F)(F)CCNC1CC=CCC1. The van der Waals surface area contributed by atoms with E-state index < -0.39 is 12.6 Å². The maximum absolute atomic E-state index is 11.8. The molecule has 4 heteroatoms. The molecule has 0 spiro atoms. The molecule has 1 atom stereocenters. The first-order chi connectivity index (χ1) is 6.08. The van der Waals surface area contributed by atoms with E-state index in [1.165, 1.54) is 0 Å². The maximum atomic E-state index is 11.8. The van der Waals surface area contributed by atoms with Crippen LogP contribution in [0.2, 0.25) is 0 Å². The summed E-state index contributed by atoms with van der Waals surface area (Å²) in [6.07, 6.45) is 2.12. The Hall–Kier alpha value is -0.510. The normalized spacial score (nSPS) is 23.5. The van der Waals surface area contributed by atoms with Crippen molar-refractivity contribution in [2.24, 2.45) is 0 Å². The summed E-state index contributed by atoms with van der Waals surface area (Å²) in [6.45, 7) is 0.0437. The number of alkyl halides is 3. The molecule has 0 saturated heterocycles. The van der Waals surface area contributed by atoms with Gasteiger partial charge >= 0.3 is 6.18 Å². The molecule has 0 aromatic carbocycles. The predicted octanol–water partition coefficient (Wildman–Crippen LogP) is 2.64. The van der Waals surface area contributed by atoms with Crippen LogP contribution in [-0.4, -0.2) is 18.8 Å². The number of halogens is 3. The maximum Gasteiger partial charge on any atom is 0.390 e. The van der Waals surface area contributed by atoms with Gasteiger partial charge in [-0.05, 0) is 19.3 Å². The fourth-order valence-electron chi connectivity index (χ4n) is 1.40. The zero-order valence-electron chi connectivity index (χ0n) is 7.40. The van der Waals surface area contributed by atoms with Crippen LogP contribution in [0.1, 0.15) is 25.7 Å². The van der Waals surface area contributed by atoms with E-state index >= 15 is 0 Å². The summed E-state index contributed by atoms with van der Waals surface area (Å²) in [5, 5.41) is 2.91. The van der Waals surface area contributed by atoms with E-state index in [1.807, 2.05) is 6.08 Å². The highest BCUT2D eigenvalue weighted by Crippen LogP contribution is 2.19. The van der Waals surface area contributed by atoms with Gasteiger partial charge in [0.2, 0.25) is 0 Å². The van der Waals surface area contributed by atoms with Crippen molar-refractivity contribution in [1.82, 2.24) is 5.32 Å². The monoisotopic (exact) mass is 193 g/mol. The molecule has 0 aliphatic heterocycles. The van der Waals surface area contributed by atoms with Crippen molar-refractivity contribution in [3.8, 4) is 0 Å². The Kier molecular flexibility index (Phi) is 3.78. The first-order valence-electron chi connectivity index (χ1n) is 4.53. The summed E-state index contributed by atoms with van der Waals surface area (Å²) in [5.41, 5.74) is 0. The van der Waals surface area contributed by atoms with E-state index in [0.717, 1.165) is 19.3 Å². The molecule has 0 heterocycles. The van der Waals surface area contributed by atoms with Crippen LogP contribution in [-0.2, 0) is 0 Å². The quantitative estimate of drug-likeness (QED) is 0.679. The third-order valence-electron chi connectivity index (χ3n) is 2.11. The Morgan fingerprint density at radius 1 is 1.31 bits per heavy atom. The highest BCUT2D eigenvalue weighted by Gasteiger charge is 2.26. The summed E-state index contributed by atoms with van der Waals surface area (Å²) in [5.74, 6) is 0. The van der Waals surface area contributed by atoms with Gasteiger partial charge in [-0.1, -0.05) is 12.2 Å². The van der Waals surface area contributed by atoms with Gasteiger partial charge in [-0.25, -0.2) is 0 Å². The van der Waals surface area contributed by atoms with Crippen LogP contribution in [0.5, 0.6) is 0 Å². The van der Waals surface area contributed by atoms with Crippen molar-refractivity contribution in [1.29, 1.82) is 0 Å². The molecular weight excluding hydrogens is 179 g/mol. The summed E-state index contributed by atoms with van der Waals surface area (Å²) >= 11 is 0. The Morgan fingerprint density at radius 2 is 2.08 bits per heavy atom. The average molecular weight is 193 g/mol. The van der Waals surface area contributed by atoms with E-state index in [2.05, 4.69) is 11.4 Å². The van der Waals surface area contributed by atoms with Gasteiger partial charge < -0.3 is 5.32 Å². The molecule has 1 rings (SSSR count). The second kappa shape index (κ2) is 4.65. The summed E-state index contributed by atoms with van der Waals surface area (Å²) < 4.78 is 35.3. The minimum Gasteiger partial charge on any atom is -0.313 e. The molecular formula is C9H14F3N. The smallest absolute Gasteiger partial charge is 0.313 e. The van der Waals surface area contributed by atoms with Crippen molar-refractivity contribution < 1.29 is 13.2 Å². The molecule has 1 unspecified atom stereocenters. The predicted molar refractivity (Wildman–Crippen MR) is 45.5 cm³/mol. The highest BCUT2D eigenvalue weighted by molar-refractivity contribution is 4.92. The molecule has 1 N–H and O–H groups in total. The lowest BCUT2D eigenvalue weighted by molar-refractivity contribution is -0.133. The third-order valence-corrected chi connectivity index (χ3v) is 2.11. The van der Waals surface area contributed by atoms with E-state index in [-0.39, 0.29) is 12.6 Å². The number of hydrogen-bond donors (Lipinski definition) is 1. The molecule has 13 heavy (non-hydrogen) atoms. The molecule has 0 aromatic rings. The van der Waals surface area contributed by atoms with Gasteiger partial charge in [0, 0.05) is 12.6 Å². The third kappa shape index (κ3) is 4.93. The lowest BCUT2D eigenvalue weighted by atomic mass is 10.0. The van der Waals surface area contributed by atoms with Crippen LogP contribution < -0.4 is 5.32 Å². The molecule has 1 nitrogen and oxygen atoms in total. The fraction of sp³-hybridized carbons (Fsp3) is 0.778. The number of nitrogens with one attached hydrogen (secondary N) is 1. The van der Waals surface area contributed by atoms with Gasteiger partial charge in [0.15, 0.2) is 0 Å². The molecule has 0 bridgehead atoms. The van der Waals surface area contributed by atoms with Gasteiger partial charge in [-0.15, -0.1) is 0 Å². The minimum absolute atomic E-state index is 0.0437. The Balaban J connectivity index is 2.09. The fourth-order valence-corrected chi connectivity index (χ4v) is 1.40. The van der Waals surface area contributed by atoms with E-state index in [4.69, 9.17) is 0 Å². The molecule has 0 amide bonds. The van der Waals surface area contributed by atoms with Gasteiger partial charge in [0.05, 0.1) is 6.42 Å². The van der Waals surface area contributed by atoms with Crippen LogP contribution in [0.15, 0.2) is 12.2 Å². The average Bonchev–Trinajstić information content (AvgIpc) is 2.04. The first-order valence-corrected chi connectivity index (χ1v) is 4.53. The summed E-state index contributed by atoms with van der Waals surface area (Å²) in [7, 11) is 0. The molecule has 0 aromatic heterocycles. The van der Waals surface area contributed by atoms with Crippen molar-refractivity contribution in [2.75, 3.05) is 6.54 Å². The lowest BCUT2D eigenvalue weighted by Gasteiger charge is -2.19. The second-order valence-electron chi connectivity index (χ2n) is 3.30. The van der Waals surface area contributed by atoms with Gasteiger partial charge in [-0.3, -0.25) is 0 Å². The zero-order valence-corrected chi connectivity index (χ0v) is 7.40. The summed E-state index contributed by atoms with van der Waals surface area (Å²) in [4.78, 5) is 0. The zero-order chi connectivity index (χ0) is 9.73. The van der Waals surface area contributed by atoms with Crippen LogP contribution in [0, 0.1) is 0 Å². The molecule has 0 saturated carbocycles. The number of allylic oxidation sites excluding steroid dienone is 1. The topological polar surface area (TPSA) is 12.0 Å². The first kappa shape index (κ1) is 10.6. The lowest BCUT2D eigenvalue weighted by Crippen LogP contribution is -2.32. The Labute approximate surface area is 76.0 Å². The molecule has 1 aliphatic rings. The molecule has 76 valence electrons. The van der Waals surface area contributed by atoms with Crippen LogP contribution in [0.4, 0.5) is 13.2 Å². The van der Waals surface area contributed by atoms with Gasteiger partial charge in [0.25, 0.3) is 0 Å². The van der Waals surface area contributed by atoms with Crippen molar-refractivity contribution in [2.45, 2.75) is 37.9 Å². The molecule has 1 aliphatic carbocycles. The van der Waals surface area contributed by atoms with Crippen LogP contribution >= 0.6 is 0 Å².